The van der Waals surface area contributed by atoms with Crippen LogP contribution >= 0.6 is 24.8 Å². The minimum absolute atomic E-state index is 0. The summed E-state index contributed by atoms with van der Waals surface area (Å²) in [4.78, 5) is 0. The predicted molar refractivity (Wildman–Crippen MR) is 202 cm³/mol. The summed E-state index contributed by atoms with van der Waals surface area (Å²) < 4.78 is 1.75. The molecule has 1 fully saturated rings. The Balaban J connectivity index is 0.000000265. The fraction of sp³-hybridized carbons (Fsp3) is 0.429. The van der Waals surface area contributed by atoms with Gasteiger partial charge in [0.2, 0.25) is 0 Å². The molecule has 0 nitrogen and oxygen atoms in total. The van der Waals surface area contributed by atoms with Gasteiger partial charge in [-0.2, -0.15) is 6.08 Å². The van der Waals surface area contributed by atoms with E-state index in [0.29, 0.717) is 5.92 Å². The molecule has 1 saturated carbocycles. The van der Waals surface area contributed by atoms with Crippen molar-refractivity contribution in [3.05, 3.63) is 113 Å². The Labute approximate surface area is 301 Å². The molecule has 2 aliphatic carbocycles. The first-order valence-corrected chi connectivity index (χ1v) is 18.2. The molecule has 0 radical (unpaired) electrons. The molecule has 0 bridgehead atoms. The van der Waals surface area contributed by atoms with Crippen LogP contribution < -0.4 is 0 Å². The number of halogens is 2. The summed E-state index contributed by atoms with van der Waals surface area (Å²) in [6.07, 6.45) is 17.2. The van der Waals surface area contributed by atoms with Crippen molar-refractivity contribution < 1.29 is 23.9 Å². The molecule has 240 valence electrons. The van der Waals surface area contributed by atoms with E-state index in [1.165, 1.54) is 99.8 Å². The molecule has 0 saturated heterocycles. The van der Waals surface area contributed by atoms with Gasteiger partial charge in [-0.15, -0.1) is 71.0 Å². The number of hydrogen-bond acceptors (Lipinski definition) is 0. The number of allylic oxidation sites excluding steroid dienone is 4. The molecule has 0 amide bonds. The van der Waals surface area contributed by atoms with Crippen LogP contribution in [-0.4, -0.2) is 3.26 Å². The van der Waals surface area contributed by atoms with Crippen molar-refractivity contribution in [2.24, 2.45) is 5.92 Å². The zero-order chi connectivity index (χ0) is 31.2. The average Bonchev–Trinajstić information content (AvgIpc) is 3.68. The fourth-order valence-corrected chi connectivity index (χ4v) is 7.61. The van der Waals surface area contributed by atoms with Crippen molar-refractivity contribution in [1.82, 2.24) is 0 Å². The van der Waals surface area contributed by atoms with Gasteiger partial charge in [-0.1, -0.05) is 76.9 Å². The van der Waals surface area contributed by atoms with Crippen LogP contribution in [0.15, 0.2) is 85.0 Å². The van der Waals surface area contributed by atoms with E-state index in [0.717, 1.165) is 12.3 Å². The van der Waals surface area contributed by atoms with E-state index < -0.39 is 0 Å². The van der Waals surface area contributed by atoms with Crippen LogP contribution in [-0.2, 0) is 34.7 Å². The van der Waals surface area contributed by atoms with Crippen LogP contribution in [0.25, 0.3) is 21.5 Å². The first-order valence-electron chi connectivity index (χ1n) is 16.4. The predicted octanol–water partition coefficient (Wildman–Crippen LogP) is 12.9. The van der Waals surface area contributed by atoms with E-state index in [4.69, 9.17) is 0 Å². The van der Waals surface area contributed by atoms with Crippen molar-refractivity contribution in [3.63, 3.8) is 0 Å². The van der Waals surface area contributed by atoms with Gasteiger partial charge >= 0.3 is 120 Å². The normalized spacial score (nSPS) is 14.7. The van der Waals surface area contributed by atoms with Gasteiger partial charge in [-0.05, 0) is 10.8 Å². The molecule has 0 N–H and O–H groups in total. The van der Waals surface area contributed by atoms with Crippen molar-refractivity contribution in [2.75, 3.05) is 0 Å². The number of rotatable bonds is 3. The number of hydrogen-bond donors (Lipinski definition) is 0. The molecule has 4 aromatic carbocycles. The van der Waals surface area contributed by atoms with Gasteiger partial charge in [0.05, 0.1) is 0 Å². The van der Waals surface area contributed by atoms with Crippen LogP contribution in [0.5, 0.6) is 0 Å². The number of benzene rings is 3. The summed E-state index contributed by atoms with van der Waals surface area (Å²) in [6.45, 7) is 18.2. The van der Waals surface area contributed by atoms with Crippen molar-refractivity contribution >= 4 is 49.6 Å². The van der Waals surface area contributed by atoms with E-state index >= 15 is 0 Å². The van der Waals surface area contributed by atoms with Gasteiger partial charge < -0.3 is 0 Å². The van der Waals surface area contributed by atoms with Crippen molar-refractivity contribution in [2.45, 2.75) is 111 Å². The smallest absolute Gasteiger partial charge is 0.109 e. The van der Waals surface area contributed by atoms with Gasteiger partial charge in [0.15, 0.2) is 0 Å². The molecule has 0 atom stereocenters. The maximum absolute atomic E-state index is 2.99. The summed E-state index contributed by atoms with van der Waals surface area (Å²) >= 11 is 1.23. The van der Waals surface area contributed by atoms with Crippen LogP contribution in [0, 0.1) is 12.0 Å². The monoisotopic (exact) mass is 808 g/mol. The Bertz CT molecular complexity index is 1490. The summed E-state index contributed by atoms with van der Waals surface area (Å²) in [7, 11) is 0. The van der Waals surface area contributed by atoms with Crippen LogP contribution in [0.1, 0.15) is 122 Å². The van der Waals surface area contributed by atoms with E-state index in [9.17, 15) is 0 Å². The van der Waals surface area contributed by atoms with Gasteiger partial charge in [0, 0.05) is 0 Å². The maximum Gasteiger partial charge on any atom is -0.109 e. The average molecular weight is 808 g/mol. The summed E-state index contributed by atoms with van der Waals surface area (Å²) in [5.41, 5.74) is 6.20. The summed E-state index contributed by atoms with van der Waals surface area (Å²) in [5.74, 6) is 1.55. The standard InChI is InChI=1S/C21H25.C16H22.C5H5.2ClH.Hf/c1-20(2,3)16-7-9-18-14(12-16)11-15-13-17(21(4,5)6)8-10-19(15)18;1-13(2)16-10-8-15(9-11-16)12-14-6-4-3-5-7-14;1-2-4-5-3-1;;;/h7-13H,1-6H3;8-11,13-14H,3-7H2,1-2H3;1-3H,4H2;2*1H;/q-1;;-1;;;+2. The first kappa shape index (κ1) is 39.5. The molecular formula is C42H54Cl2Hf. The van der Waals surface area contributed by atoms with Crippen LogP contribution in [0.4, 0.5) is 0 Å². The van der Waals surface area contributed by atoms with E-state index in [1.807, 2.05) is 12.2 Å². The van der Waals surface area contributed by atoms with E-state index in [-0.39, 0.29) is 35.6 Å². The summed E-state index contributed by atoms with van der Waals surface area (Å²) in [6, 6.07) is 25.5. The molecule has 0 aliphatic heterocycles. The molecule has 4 aromatic rings. The van der Waals surface area contributed by atoms with Crippen molar-refractivity contribution in [1.29, 1.82) is 0 Å². The Morgan fingerprint density at radius 1 is 0.756 bits per heavy atom. The zero-order valence-corrected chi connectivity index (χ0v) is 34.0. The SMILES string of the molecule is CC(C)(C)c1ccc2c(c1)[cH-]c1cc(C(C)(C)C)ccc12.CC(C)c1ccc([C](=[Hf+2])C2CCCCC2)cc1.Cl.Cl.[C-]1=CC=CC1. The second-order valence-electron chi connectivity index (χ2n) is 14.8. The molecule has 6 rings (SSSR count). The fourth-order valence-electron chi connectivity index (χ4n) is 5.97. The molecule has 0 heterocycles. The molecule has 0 spiro atoms. The second-order valence-corrected chi connectivity index (χ2v) is 16.7. The Kier molecular flexibility index (Phi) is 15.3. The molecule has 3 heteroatoms. The molecule has 45 heavy (non-hydrogen) atoms. The van der Waals surface area contributed by atoms with Gasteiger partial charge in [-0.3, -0.25) is 6.08 Å². The quantitative estimate of drug-likeness (QED) is 0.143. The Morgan fingerprint density at radius 2 is 1.27 bits per heavy atom. The first-order chi connectivity index (χ1) is 20.3. The van der Waals surface area contributed by atoms with Gasteiger partial charge in [-0.25, -0.2) is 12.2 Å². The Hall–Kier alpha value is -1.67. The van der Waals surface area contributed by atoms with E-state index in [2.05, 4.69) is 134 Å². The largest absolute Gasteiger partial charge is 0.273 e. The molecule has 2 aliphatic rings. The molecule has 0 aromatic heterocycles. The minimum atomic E-state index is 0. The topological polar surface area (TPSA) is 0 Å². The van der Waals surface area contributed by atoms with Gasteiger partial charge in [0.1, 0.15) is 0 Å². The maximum atomic E-state index is 2.99. The third-order valence-electron chi connectivity index (χ3n) is 8.92. The van der Waals surface area contributed by atoms with E-state index in [1.54, 1.807) is 3.26 Å². The van der Waals surface area contributed by atoms with Crippen LogP contribution in [0.3, 0.4) is 0 Å². The van der Waals surface area contributed by atoms with Crippen LogP contribution in [0.2, 0.25) is 0 Å². The zero-order valence-electron chi connectivity index (χ0n) is 28.8. The Morgan fingerprint density at radius 3 is 1.64 bits per heavy atom. The third-order valence-corrected chi connectivity index (χ3v) is 11.4. The third kappa shape index (κ3) is 10.9. The van der Waals surface area contributed by atoms with Gasteiger partial charge in [0.25, 0.3) is 0 Å². The van der Waals surface area contributed by atoms with Crippen molar-refractivity contribution in [3.8, 4) is 0 Å². The second kappa shape index (κ2) is 17.5. The molecular weight excluding hydrogens is 754 g/mol. The molecule has 0 unspecified atom stereocenters. The summed E-state index contributed by atoms with van der Waals surface area (Å²) in [5, 5.41) is 5.48. The minimum Gasteiger partial charge on any atom is -0.273 e. The number of fused-ring (bicyclic) bond motifs is 3.